The molecule has 1 amide bonds. The van der Waals surface area contributed by atoms with Crippen LogP contribution < -0.4 is 14.8 Å². The minimum atomic E-state index is -0.507. The third kappa shape index (κ3) is 4.69. The molecule has 1 heterocycles. The number of hydrogen-bond donors (Lipinski definition) is 1. The van der Waals surface area contributed by atoms with E-state index in [0.29, 0.717) is 27.6 Å². The molecular weight excluding hydrogens is 431 g/mol. The predicted octanol–water partition coefficient (Wildman–Crippen LogP) is 4.83. The molecule has 1 aromatic heterocycles. The van der Waals surface area contributed by atoms with E-state index in [1.165, 1.54) is 12.1 Å². The van der Waals surface area contributed by atoms with Gasteiger partial charge in [0.1, 0.15) is 17.3 Å². The van der Waals surface area contributed by atoms with Gasteiger partial charge in [-0.1, -0.05) is 15.9 Å². The Bertz CT molecular complexity index is 990. The number of methoxy groups -OCH3 is 2. The number of hydrogen-bond acceptors (Lipinski definition) is 5. The normalized spacial score (nSPS) is 10.6. The molecular formula is C20H18BrFN2O4. The number of benzene rings is 2. The molecule has 3 aromatic rings. The Labute approximate surface area is 169 Å². The van der Waals surface area contributed by atoms with Crippen LogP contribution in [0.2, 0.25) is 0 Å². The van der Waals surface area contributed by atoms with Crippen molar-refractivity contribution in [1.29, 1.82) is 0 Å². The van der Waals surface area contributed by atoms with Crippen LogP contribution in [-0.2, 0) is 11.2 Å². The maximum Gasteiger partial charge on any atom is 0.224 e. The summed E-state index contributed by atoms with van der Waals surface area (Å²) in [5.41, 5.74) is 0.854. The predicted molar refractivity (Wildman–Crippen MR) is 106 cm³/mol. The molecule has 2 aromatic carbocycles. The minimum absolute atomic E-state index is 0.106. The number of amides is 1. The van der Waals surface area contributed by atoms with E-state index in [1.807, 2.05) is 6.07 Å². The molecule has 0 saturated carbocycles. The van der Waals surface area contributed by atoms with E-state index in [9.17, 15) is 9.18 Å². The quantitative estimate of drug-likeness (QED) is 0.560. The highest BCUT2D eigenvalue weighted by Crippen LogP contribution is 2.33. The molecule has 0 aliphatic carbocycles. The summed E-state index contributed by atoms with van der Waals surface area (Å²) in [4.78, 5) is 16.3. The van der Waals surface area contributed by atoms with Crippen molar-refractivity contribution in [2.45, 2.75) is 12.8 Å². The van der Waals surface area contributed by atoms with Crippen molar-refractivity contribution in [1.82, 2.24) is 4.98 Å². The monoisotopic (exact) mass is 448 g/mol. The standard InChI is InChI=1S/C20H18BrFN2O4/c1-26-13-4-5-14(17(10-13)27-2)18-11-23-20(28-18)8-7-19(25)24-16-6-3-12(21)9-15(16)22/h3-6,9-11H,7-8H2,1-2H3,(H,24,25). The highest BCUT2D eigenvalue weighted by Gasteiger charge is 2.14. The second-order valence-corrected chi connectivity index (χ2v) is 6.77. The fraction of sp³-hybridized carbons (Fsp3) is 0.200. The number of rotatable bonds is 7. The summed E-state index contributed by atoms with van der Waals surface area (Å²) in [5.74, 6) is 1.34. The van der Waals surface area contributed by atoms with Gasteiger partial charge >= 0.3 is 0 Å². The van der Waals surface area contributed by atoms with Gasteiger partial charge in [0.15, 0.2) is 11.7 Å². The van der Waals surface area contributed by atoms with Crippen LogP contribution in [0.4, 0.5) is 10.1 Å². The first-order valence-corrected chi connectivity index (χ1v) is 9.21. The maximum atomic E-state index is 13.8. The zero-order chi connectivity index (χ0) is 20.1. The highest BCUT2D eigenvalue weighted by atomic mass is 79.9. The topological polar surface area (TPSA) is 73.6 Å². The van der Waals surface area contributed by atoms with E-state index in [2.05, 4.69) is 26.2 Å². The molecule has 0 atom stereocenters. The number of aryl methyl sites for hydroxylation is 1. The number of carbonyl (C=O) groups is 1. The average Bonchev–Trinajstić information content (AvgIpc) is 3.17. The molecule has 3 rings (SSSR count). The largest absolute Gasteiger partial charge is 0.497 e. The van der Waals surface area contributed by atoms with Crippen molar-refractivity contribution in [3.05, 3.63) is 58.8 Å². The molecule has 0 saturated heterocycles. The van der Waals surface area contributed by atoms with Gasteiger partial charge in [-0.3, -0.25) is 4.79 Å². The Balaban J connectivity index is 1.64. The van der Waals surface area contributed by atoms with Gasteiger partial charge in [0.25, 0.3) is 0 Å². The number of halogens is 2. The highest BCUT2D eigenvalue weighted by molar-refractivity contribution is 9.10. The van der Waals surface area contributed by atoms with Crippen LogP contribution in [0, 0.1) is 5.82 Å². The third-order valence-corrected chi connectivity index (χ3v) is 4.49. The number of aromatic nitrogens is 1. The van der Waals surface area contributed by atoms with Gasteiger partial charge in [-0.05, 0) is 30.3 Å². The molecule has 0 fully saturated rings. The maximum absolute atomic E-state index is 13.8. The van der Waals surface area contributed by atoms with Crippen LogP contribution in [-0.4, -0.2) is 25.1 Å². The molecule has 0 spiro atoms. The molecule has 28 heavy (non-hydrogen) atoms. The molecule has 0 unspecified atom stereocenters. The van der Waals surface area contributed by atoms with Crippen molar-refractivity contribution in [2.24, 2.45) is 0 Å². The van der Waals surface area contributed by atoms with Gasteiger partial charge in [-0.2, -0.15) is 0 Å². The Kier molecular flexibility index (Phi) is 6.30. The van der Waals surface area contributed by atoms with E-state index in [1.54, 1.807) is 38.6 Å². The van der Waals surface area contributed by atoms with Crippen LogP contribution in [0.5, 0.6) is 11.5 Å². The van der Waals surface area contributed by atoms with Crippen LogP contribution in [0.3, 0.4) is 0 Å². The lowest BCUT2D eigenvalue weighted by Crippen LogP contribution is -2.13. The first-order chi connectivity index (χ1) is 13.5. The summed E-state index contributed by atoms with van der Waals surface area (Å²) in [7, 11) is 3.13. The number of anilines is 1. The number of oxazole rings is 1. The Morgan fingerprint density at radius 3 is 2.75 bits per heavy atom. The van der Waals surface area contributed by atoms with Crippen LogP contribution >= 0.6 is 15.9 Å². The Morgan fingerprint density at radius 1 is 1.21 bits per heavy atom. The number of nitrogens with zero attached hydrogens (tertiary/aromatic N) is 1. The van der Waals surface area contributed by atoms with Crippen molar-refractivity contribution in [3.8, 4) is 22.8 Å². The smallest absolute Gasteiger partial charge is 0.224 e. The number of ether oxygens (including phenoxy) is 2. The summed E-state index contributed by atoms with van der Waals surface area (Å²) in [6.07, 6.45) is 1.96. The Hall–Kier alpha value is -2.87. The Morgan fingerprint density at radius 2 is 2.04 bits per heavy atom. The first kappa shape index (κ1) is 19.9. The summed E-state index contributed by atoms with van der Waals surface area (Å²) < 4.78 is 30.7. The van der Waals surface area contributed by atoms with Crippen LogP contribution in [0.1, 0.15) is 12.3 Å². The van der Waals surface area contributed by atoms with Gasteiger partial charge in [-0.25, -0.2) is 9.37 Å². The van der Waals surface area contributed by atoms with Gasteiger partial charge in [-0.15, -0.1) is 0 Å². The summed E-state index contributed by atoms with van der Waals surface area (Å²) >= 11 is 3.17. The van der Waals surface area contributed by atoms with Crippen molar-refractivity contribution in [2.75, 3.05) is 19.5 Å². The molecule has 0 bridgehead atoms. The zero-order valence-corrected chi connectivity index (χ0v) is 16.9. The molecule has 6 nitrogen and oxygen atoms in total. The van der Waals surface area contributed by atoms with E-state index < -0.39 is 5.82 Å². The number of nitrogens with one attached hydrogen (secondary N) is 1. The second kappa shape index (κ2) is 8.88. The molecule has 0 radical (unpaired) electrons. The average molecular weight is 449 g/mol. The molecule has 1 N–H and O–H groups in total. The summed E-state index contributed by atoms with van der Waals surface area (Å²) in [6.45, 7) is 0. The molecule has 0 aliphatic heterocycles. The zero-order valence-electron chi connectivity index (χ0n) is 15.3. The van der Waals surface area contributed by atoms with E-state index in [0.717, 1.165) is 5.56 Å². The van der Waals surface area contributed by atoms with Gasteiger partial charge < -0.3 is 19.2 Å². The van der Waals surface area contributed by atoms with Gasteiger partial charge in [0, 0.05) is 23.4 Å². The third-order valence-electron chi connectivity index (χ3n) is 4.00. The van der Waals surface area contributed by atoms with Crippen LogP contribution in [0.15, 0.2) is 51.5 Å². The number of carbonyl (C=O) groups excluding carboxylic acids is 1. The van der Waals surface area contributed by atoms with Crippen molar-refractivity contribution < 1.29 is 23.1 Å². The first-order valence-electron chi connectivity index (χ1n) is 8.42. The lowest BCUT2D eigenvalue weighted by atomic mass is 10.1. The fourth-order valence-corrected chi connectivity index (χ4v) is 2.91. The summed E-state index contributed by atoms with van der Waals surface area (Å²) in [6, 6.07) is 9.79. The van der Waals surface area contributed by atoms with E-state index >= 15 is 0 Å². The van der Waals surface area contributed by atoms with Gasteiger partial charge in [0.05, 0.1) is 31.7 Å². The van der Waals surface area contributed by atoms with E-state index in [-0.39, 0.29) is 24.4 Å². The lowest BCUT2D eigenvalue weighted by Gasteiger charge is -2.08. The van der Waals surface area contributed by atoms with Crippen molar-refractivity contribution in [3.63, 3.8) is 0 Å². The summed E-state index contributed by atoms with van der Waals surface area (Å²) in [5, 5.41) is 2.54. The molecule has 8 heteroatoms. The minimum Gasteiger partial charge on any atom is -0.497 e. The second-order valence-electron chi connectivity index (χ2n) is 5.86. The fourth-order valence-electron chi connectivity index (χ4n) is 2.58. The molecule has 0 aliphatic rings. The van der Waals surface area contributed by atoms with Crippen LogP contribution in [0.25, 0.3) is 11.3 Å². The lowest BCUT2D eigenvalue weighted by molar-refractivity contribution is -0.116. The van der Waals surface area contributed by atoms with Crippen molar-refractivity contribution >= 4 is 27.5 Å². The SMILES string of the molecule is COc1ccc(-c2cnc(CCC(=O)Nc3ccc(Br)cc3F)o2)c(OC)c1. The van der Waals surface area contributed by atoms with E-state index in [4.69, 9.17) is 13.9 Å². The molecule has 146 valence electrons. The van der Waals surface area contributed by atoms with Gasteiger partial charge in [0.2, 0.25) is 5.91 Å².